The Balaban J connectivity index is 0.927. The van der Waals surface area contributed by atoms with Gasteiger partial charge in [0.2, 0.25) is 0 Å². The van der Waals surface area contributed by atoms with Crippen molar-refractivity contribution in [1.29, 1.82) is 0 Å². The average molecular weight is 885 g/mol. The molecule has 4 aliphatic carbocycles. The minimum atomic E-state index is -1.65. The Morgan fingerprint density at radius 1 is 0.758 bits per heavy atom. The normalized spacial score (nSPS) is 57.6. The van der Waals surface area contributed by atoms with E-state index in [0.29, 0.717) is 24.7 Å². The highest BCUT2D eigenvalue weighted by molar-refractivity contribution is 5.29. The molecule has 9 rings (SSSR count). The molecule has 3 saturated carbocycles. The molecule has 354 valence electrons. The van der Waals surface area contributed by atoms with Crippen LogP contribution < -0.4 is 0 Å². The van der Waals surface area contributed by atoms with Gasteiger partial charge in [-0.2, -0.15) is 0 Å². The van der Waals surface area contributed by atoms with E-state index < -0.39 is 97.9 Å². The van der Waals surface area contributed by atoms with Gasteiger partial charge in [0.15, 0.2) is 30.9 Å². The van der Waals surface area contributed by atoms with E-state index in [1.165, 1.54) is 12.5 Å². The zero-order chi connectivity index (χ0) is 44.3. The lowest BCUT2D eigenvalue weighted by Crippen LogP contribution is -2.62. The average Bonchev–Trinajstić information content (AvgIpc) is 3.61. The highest BCUT2D eigenvalue weighted by atomic mass is 16.8. The van der Waals surface area contributed by atoms with Crippen LogP contribution in [0.15, 0.2) is 11.6 Å². The third-order valence-electron chi connectivity index (χ3n) is 17.8. The van der Waals surface area contributed by atoms with Crippen molar-refractivity contribution in [3.63, 3.8) is 0 Å². The zero-order valence-electron chi connectivity index (χ0n) is 36.9. The summed E-state index contributed by atoms with van der Waals surface area (Å²) in [4.78, 5) is 0. The van der Waals surface area contributed by atoms with Gasteiger partial charge in [-0.1, -0.05) is 39.3 Å². The first-order valence-electron chi connectivity index (χ1n) is 23.3. The molecule has 0 radical (unpaired) electrons. The number of aliphatic hydroxyl groups excluding tert-OH is 7. The standard InChI is InChI=1S/C45H72O17/c1-20-9-14-44(62-38(20)54-6)22(3)45(53)31(61-44)17-28-26-8-7-23-15-24(10-12-42(23,4)27(26)11-13-43(28,45)5)57-41-37(60-40-36(52)34(50)32(48)21(2)56-40)30(16-25(18-46)58-41)59-39-35(51)33(49)29(47)19-55-39/h7,20-22,24-41,46-53H,8-19H2,1-6H3/t20?,21-,22+,24-,25-,26+,27-,28-,29+,30-,31-,32-,33-,34+,35+,36+,37+,38+,39-,40-,41+,42-,43-,44-,45-/m0/s1. The van der Waals surface area contributed by atoms with Gasteiger partial charge in [-0.05, 0) is 81.5 Å². The molecule has 0 amide bonds. The minimum absolute atomic E-state index is 0.0353. The van der Waals surface area contributed by atoms with Crippen LogP contribution in [0.3, 0.4) is 0 Å². The summed E-state index contributed by atoms with van der Waals surface area (Å²) in [6.07, 6.45) is -8.24. The molecule has 5 saturated heterocycles. The van der Waals surface area contributed by atoms with Gasteiger partial charge in [0.1, 0.15) is 48.3 Å². The fourth-order valence-electron chi connectivity index (χ4n) is 13.9. The molecule has 1 unspecified atom stereocenters. The number of allylic oxidation sites excluding steroid dienone is 1. The zero-order valence-corrected chi connectivity index (χ0v) is 36.9. The van der Waals surface area contributed by atoms with Gasteiger partial charge in [0.25, 0.3) is 0 Å². The molecule has 17 nitrogen and oxygen atoms in total. The summed E-state index contributed by atoms with van der Waals surface area (Å²) in [6.45, 7) is 9.77. The Kier molecular flexibility index (Phi) is 12.7. The molecule has 9 aliphatic rings. The van der Waals surface area contributed by atoms with E-state index in [2.05, 4.69) is 33.8 Å². The molecule has 0 aromatic carbocycles. The fourth-order valence-corrected chi connectivity index (χ4v) is 13.9. The number of fused-ring (bicyclic) bond motifs is 7. The van der Waals surface area contributed by atoms with E-state index in [0.717, 1.165) is 44.9 Å². The molecule has 0 aromatic heterocycles. The molecule has 0 bridgehead atoms. The Bertz CT molecular complexity index is 1640. The smallest absolute Gasteiger partial charge is 0.187 e. The molecule has 62 heavy (non-hydrogen) atoms. The SMILES string of the molecule is CO[C@@H]1O[C@]2(CCC1C)O[C@H]1C[C@H]3[C@@H]4CC=C5C[C@@H](O[C@@H]6O[C@H](CO)C[C@H](O[C@@H]7OC[C@@H](O)[C@H](O)[C@H]7O)[C@H]6O[C@@H]6O[C@@H](C)[C@H](O)[C@@H](O)[C@H]6O)CC[C@]5(C)[C@H]4CC[C@]3(C)[C@]1(O)[C@@H]2C. The van der Waals surface area contributed by atoms with Gasteiger partial charge in [0, 0.05) is 37.2 Å². The maximum Gasteiger partial charge on any atom is 0.187 e. The first-order chi connectivity index (χ1) is 29.4. The number of hydrogen-bond acceptors (Lipinski definition) is 17. The summed E-state index contributed by atoms with van der Waals surface area (Å²) < 4.78 is 56.3. The summed E-state index contributed by atoms with van der Waals surface area (Å²) in [5, 5.41) is 86.6. The van der Waals surface area contributed by atoms with Crippen LogP contribution in [0.25, 0.3) is 0 Å². The second kappa shape index (κ2) is 17.0. The van der Waals surface area contributed by atoms with Crippen molar-refractivity contribution in [1.82, 2.24) is 0 Å². The molecule has 5 heterocycles. The van der Waals surface area contributed by atoms with Gasteiger partial charge in [-0.25, -0.2) is 0 Å². The molecule has 0 aromatic rings. The largest absolute Gasteiger partial charge is 0.394 e. The first-order valence-corrected chi connectivity index (χ1v) is 23.3. The molecular formula is C45H72O17. The molecule has 5 aliphatic heterocycles. The maximum atomic E-state index is 12.9. The van der Waals surface area contributed by atoms with Gasteiger partial charge < -0.3 is 83.5 Å². The Hall–Kier alpha value is -0.940. The first kappa shape index (κ1) is 46.2. The van der Waals surface area contributed by atoms with Crippen LogP contribution in [0.2, 0.25) is 0 Å². The Morgan fingerprint density at radius 2 is 1.52 bits per heavy atom. The molecule has 1 spiro atoms. The van der Waals surface area contributed by atoms with Crippen LogP contribution in [0.5, 0.6) is 0 Å². The van der Waals surface area contributed by atoms with Crippen molar-refractivity contribution in [3.05, 3.63) is 11.6 Å². The third-order valence-corrected chi connectivity index (χ3v) is 17.8. The maximum absolute atomic E-state index is 12.9. The summed E-state index contributed by atoms with van der Waals surface area (Å²) in [7, 11) is 1.67. The van der Waals surface area contributed by atoms with E-state index in [4.69, 9.17) is 42.6 Å². The lowest BCUT2D eigenvalue weighted by Gasteiger charge is -2.60. The van der Waals surface area contributed by atoms with Crippen LogP contribution in [0, 0.1) is 40.4 Å². The Morgan fingerprint density at radius 3 is 2.26 bits per heavy atom. The minimum Gasteiger partial charge on any atom is -0.394 e. The molecule has 25 atom stereocenters. The fraction of sp³-hybridized carbons (Fsp3) is 0.956. The van der Waals surface area contributed by atoms with Crippen molar-refractivity contribution in [2.75, 3.05) is 20.3 Å². The van der Waals surface area contributed by atoms with Crippen molar-refractivity contribution in [3.8, 4) is 0 Å². The van der Waals surface area contributed by atoms with Gasteiger partial charge in [0.05, 0.1) is 43.7 Å². The monoisotopic (exact) mass is 884 g/mol. The highest BCUT2D eigenvalue weighted by Crippen LogP contribution is 2.72. The third kappa shape index (κ3) is 7.22. The van der Waals surface area contributed by atoms with Crippen LogP contribution in [0.4, 0.5) is 0 Å². The van der Waals surface area contributed by atoms with Crippen LogP contribution in [-0.2, 0) is 42.6 Å². The number of methoxy groups -OCH3 is 1. The molecule has 8 fully saturated rings. The molecular weight excluding hydrogens is 812 g/mol. The van der Waals surface area contributed by atoms with Crippen LogP contribution in [-0.4, -0.2) is 171 Å². The van der Waals surface area contributed by atoms with E-state index in [9.17, 15) is 40.9 Å². The number of aliphatic hydroxyl groups is 8. The number of hydrogen-bond donors (Lipinski definition) is 8. The van der Waals surface area contributed by atoms with Crippen LogP contribution >= 0.6 is 0 Å². The quantitative estimate of drug-likeness (QED) is 0.158. The predicted molar refractivity (Wildman–Crippen MR) is 214 cm³/mol. The summed E-state index contributed by atoms with van der Waals surface area (Å²) >= 11 is 0. The van der Waals surface area contributed by atoms with Gasteiger partial charge >= 0.3 is 0 Å². The summed E-state index contributed by atoms with van der Waals surface area (Å²) in [6, 6.07) is 0. The topological polar surface area (TPSA) is 245 Å². The second-order valence-electron chi connectivity index (χ2n) is 20.9. The Labute approximate surface area is 363 Å². The van der Waals surface area contributed by atoms with E-state index in [1.807, 2.05) is 0 Å². The van der Waals surface area contributed by atoms with Crippen LogP contribution in [0.1, 0.15) is 98.8 Å². The second-order valence-corrected chi connectivity index (χ2v) is 20.9. The number of ether oxygens (including phenoxy) is 9. The van der Waals surface area contributed by atoms with Crippen molar-refractivity contribution < 1.29 is 83.5 Å². The summed E-state index contributed by atoms with van der Waals surface area (Å²) in [5.74, 6) is 0.222. The summed E-state index contributed by atoms with van der Waals surface area (Å²) in [5.41, 5.74) is -0.146. The predicted octanol–water partition coefficient (Wildman–Crippen LogP) is 0.970. The molecule has 8 N–H and O–H groups in total. The van der Waals surface area contributed by atoms with Gasteiger partial charge in [-0.3, -0.25) is 0 Å². The number of rotatable bonds is 8. The van der Waals surface area contributed by atoms with E-state index in [-0.39, 0.29) is 60.1 Å². The highest BCUT2D eigenvalue weighted by Gasteiger charge is 2.76. The molecule has 17 heteroatoms. The van der Waals surface area contributed by atoms with Crippen molar-refractivity contribution in [2.45, 2.75) is 209 Å². The van der Waals surface area contributed by atoms with E-state index >= 15 is 0 Å². The lowest BCUT2D eigenvalue weighted by atomic mass is 9.46. The van der Waals surface area contributed by atoms with Gasteiger partial charge in [-0.15, -0.1) is 0 Å². The van der Waals surface area contributed by atoms with E-state index in [1.54, 1.807) is 7.11 Å². The lowest BCUT2D eigenvalue weighted by molar-refractivity contribution is -0.376. The van der Waals surface area contributed by atoms with Crippen molar-refractivity contribution >= 4 is 0 Å². The van der Waals surface area contributed by atoms with Crippen molar-refractivity contribution in [2.24, 2.45) is 40.4 Å².